The third-order valence-corrected chi connectivity index (χ3v) is 6.64. The van der Waals surface area contributed by atoms with Crippen molar-refractivity contribution in [2.24, 2.45) is 0 Å². The summed E-state index contributed by atoms with van der Waals surface area (Å²) in [5.74, 6) is -0.849. The van der Waals surface area contributed by atoms with Crippen molar-refractivity contribution in [3.63, 3.8) is 0 Å². The van der Waals surface area contributed by atoms with Gasteiger partial charge in [0.1, 0.15) is 19.8 Å². The molecule has 43 heavy (non-hydrogen) atoms. The van der Waals surface area contributed by atoms with E-state index in [1.165, 1.54) is 0 Å². The molecule has 1 atom stereocenters. The zero-order valence-electron chi connectivity index (χ0n) is 23.4. The Labute approximate surface area is 250 Å². The molecular weight excluding hydrogens is 542 g/mol. The quantitative estimate of drug-likeness (QED) is 0.158. The van der Waals surface area contributed by atoms with Crippen LogP contribution in [0.15, 0.2) is 133 Å². The molecule has 5 aromatic carbocycles. The van der Waals surface area contributed by atoms with Crippen LogP contribution in [0.2, 0.25) is 0 Å². The summed E-state index contributed by atoms with van der Waals surface area (Å²) in [6, 6.07) is 39.3. The molecule has 0 radical (unpaired) electrons. The summed E-state index contributed by atoms with van der Waals surface area (Å²) < 4.78 is 18.7. The molecule has 0 saturated carbocycles. The van der Waals surface area contributed by atoms with Crippen LogP contribution in [0.1, 0.15) is 38.7 Å². The van der Waals surface area contributed by atoms with Crippen molar-refractivity contribution in [3.05, 3.63) is 161 Å². The Morgan fingerprint density at radius 1 is 0.581 bits per heavy atom. The minimum atomic E-state index is -1.25. The minimum Gasteiger partial charge on any atom is -0.485 e. The summed E-state index contributed by atoms with van der Waals surface area (Å²) in [7, 11) is 0. The number of benzene rings is 5. The molecule has 5 aromatic rings. The lowest BCUT2D eigenvalue weighted by molar-refractivity contribution is -0.139. The van der Waals surface area contributed by atoms with E-state index in [9.17, 15) is 14.7 Å². The largest absolute Gasteiger partial charge is 0.485 e. The molecule has 0 heterocycles. The van der Waals surface area contributed by atoms with Gasteiger partial charge in [-0.1, -0.05) is 121 Å². The molecular formula is C36H31NO6. The highest BCUT2D eigenvalue weighted by Crippen LogP contribution is 2.40. The Morgan fingerprint density at radius 3 is 1.40 bits per heavy atom. The van der Waals surface area contributed by atoms with E-state index in [2.05, 4.69) is 5.32 Å². The highest BCUT2D eigenvalue weighted by Gasteiger charge is 2.25. The molecule has 0 aliphatic heterocycles. The third-order valence-electron chi connectivity index (χ3n) is 6.64. The molecule has 2 N–H and O–H groups in total. The summed E-state index contributed by atoms with van der Waals surface area (Å²) >= 11 is 0. The highest BCUT2D eigenvalue weighted by molar-refractivity contribution is 5.98. The van der Waals surface area contributed by atoms with Gasteiger partial charge in [0.15, 0.2) is 17.5 Å². The van der Waals surface area contributed by atoms with Gasteiger partial charge in [0.25, 0.3) is 5.91 Å². The van der Waals surface area contributed by atoms with Crippen LogP contribution in [-0.4, -0.2) is 17.0 Å². The molecule has 1 amide bonds. The molecule has 0 aromatic heterocycles. The maximum atomic E-state index is 13.6. The van der Waals surface area contributed by atoms with Gasteiger partial charge in [0, 0.05) is 5.56 Å². The Kier molecular flexibility index (Phi) is 9.67. The van der Waals surface area contributed by atoms with E-state index in [-0.39, 0.29) is 25.4 Å². The molecule has 0 aliphatic rings. The van der Waals surface area contributed by atoms with Crippen LogP contribution < -0.4 is 19.5 Å². The van der Waals surface area contributed by atoms with Gasteiger partial charge in [0.2, 0.25) is 5.75 Å². The normalized spacial score (nSPS) is 11.3. The second-order valence-electron chi connectivity index (χ2n) is 9.78. The summed E-state index contributed by atoms with van der Waals surface area (Å²) in [4.78, 5) is 25.7. The van der Waals surface area contributed by atoms with Gasteiger partial charge in [0.05, 0.1) is 0 Å². The molecule has 0 bridgehead atoms. The van der Waals surface area contributed by atoms with Crippen molar-refractivity contribution in [3.8, 4) is 17.2 Å². The number of hydrogen-bond donors (Lipinski definition) is 2. The molecule has 0 spiro atoms. The Balaban J connectivity index is 1.51. The first-order valence-electron chi connectivity index (χ1n) is 13.8. The molecule has 1 unspecified atom stereocenters. The fourth-order valence-electron chi connectivity index (χ4n) is 4.41. The van der Waals surface area contributed by atoms with Gasteiger partial charge in [-0.15, -0.1) is 0 Å². The predicted molar refractivity (Wildman–Crippen MR) is 163 cm³/mol. The van der Waals surface area contributed by atoms with Gasteiger partial charge in [-0.3, -0.25) is 4.79 Å². The van der Waals surface area contributed by atoms with Gasteiger partial charge in [-0.25, -0.2) is 4.79 Å². The number of nitrogens with one attached hydrogen (secondary N) is 1. The van der Waals surface area contributed by atoms with Crippen LogP contribution in [0.3, 0.4) is 0 Å². The number of hydrogen-bond acceptors (Lipinski definition) is 5. The number of carboxylic acids is 1. The zero-order chi connectivity index (χ0) is 29.9. The average molecular weight is 574 g/mol. The molecule has 7 heteroatoms. The minimum absolute atomic E-state index is 0.167. The maximum Gasteiger partial charge on any atom is 0.330 e. The molecule has 216 valence electrons. The van der Waals surface area contributed by atoms with E-state index in [1.807, 2.05) is 91.0 Å². The lowest BCUT2D eigenvalue weighted by atomic mass is 10.1. The van der Waals surface area contributed by atoms with Gasteiger partial charge < -0.3 is 24.6 Å². The monoisotopic (exact) mass is 573 g/mol. The van der Waals surface area contributed by atoms with Crippen LogP contribution >= 0.6 is 0 Å². The predicted octanol–water partition coefficient (Wildman–Crippen LogP) is 6.98. The maximum absolute atomic E-state index is 13.6. The van der Waals surface area contributed by atoms with Crippen molar-refractivity contribution >= 4 is 11.9 Å². The molecule has 5 rings (SSSR count). The first-order chi connectivity index (χ1) is 21.1. The molecule has 0 fully saturated rings. The first-order valence-corrected chi connectivity index (χ1v) is 13.8. The van der Waals surface area contributed by atoms with Crippen molar-refractivity contribution in [2.45, 2.75) is 25.9 Å². The topological polar surface area (TPSA) is 94.1 Å². The van der Waals surface area contributed by atoms with Gasteiger partial charge >= 0.3 is 5.97 Å². The number of amides is 1. The van der Waals surface area contributed by atoms with E-state index in [0.717, 1.165) is 16.7 Å². The van der Waals surface area contributed by atoms with Gasteiger partial charge in [-0.05, 0) is 34.4 Å². The Morgan fingerprint density at radius 2 is 0.977 bits per heavy atom. The van der Waals surface area contributed by atoms with Crippen LogP contribution in [0, 0.1) is 0 Å². The standard InChI is InChI=1S/C36H31NO6/c38-35(37-33(36(39)40)29-19-11-4-12-20-29)30-21-31(41-23-26-13-5-1-6-14-26)34(43-25-28-17-9-3-10-18-28)32(22-30)42-24-27-15-7-2-8-16-27/h1-22,33H,23-25H2,(H,37,38)(H,39,40). The SMILES string of the molecule is O=C(NC(C(=O)O)c1ccccc1)c1cc(OCc2ccccc2)c(OCc2ccccc2)c(OCc2ccccc2)c1. The number of rotatable bonds is 13. The number of ether oxygens (including phenoxy) is 3. The van der Waals surface area contributed by atoms with Crippen molar-refractivity contribution in [1.82, 2.24) is 5.32 Å². The van der Waals surface area contributed by atoms with E-state index in [1.54, 1.807) is 42.5 Å². The number of carbonyl (C=O) groups is 2. The Bertz CT molecular complexity index is 1560. The van der Waals surface area contributed by atoms with Crippen LogP contribution in [-0.2, 0) is 24.6 Å². The van der Waals surface area contributed by atoms with Gasteiger partial charge in [-0.2, -0.15) is 0 Å². The smallest absolute Gasteiger partial charge is 0.330 e. The van der Waals surface area contributed by atoms with Crippen molar-refractivity contribution in [2.75, 3.05) is 0 Å². The number of carbonyl (C=O) groups excluding carboxylic acids is 1. The second-order valence-corrected chi connectivity index (χ2v) is 9.78. The van der Waals surface area contributed by atoms with Crippen molar-refractivity contribution in [1.29, 1.82) is 0 Å². The van der Waals surface area contributed by atoms with Crippen LogP contribution in [0.4, 0.5) is 0 Å². The lowest BCUT2D eigenvalue weighted by Crippen LogP contribution is -2.33. The average Bonchev–Trinajstić information content (AvgIpc) is 3.06. The van der Waals surface area contributed by atoms with E-state index < -0.39 is 17.9 Å². The number of aliphatic carboxylic acids is 1. The number of carboxylic acid groups (broad SMARTS) is 1. The third kappa shape index (κ3) is 8.01. The van der Waals surface area contributed by atoms with E-state index >= 15 is 0 Å². The fraction of sp³-hybridized carbons (Fsp3) is 0.111. The Hall–Kier alpha value is -5.56. The van der Waals surface area contributed by atoms with Crippen LogP contribution in [0.25, 0.3) is 0 Å². The summed E-state index contributed by atoms with van der Waals surface area (Å²) in [6.07, 6.45) is 0. The lowest BCUT2D eigenvalue weighted by Gasteiger charge is -2.20. The van der Waals surface area contributed by atoms with Crippen molar-refractivity contribution < 1.29 is 28.9 Å². The first kappa shape index (κ1) is 29.0. The zero-order valence-corrected chi connectivity index (χ0v) is 23.4. The molecule has 7 nitrogen and oxygen atoms in total. The summed E-state index contributed by atoms with van der Waals surface area (Å²) in [5, 5.41) is 12.5. The summed E-state index contributed by atoms with van der Waals surface area (Å²) in [5.41, 5.74) is 3.41. The highest BCUT2D eigenvalue weighted by atomic mass is 16.5. The van der Waals surface area contributed by atoms with E-state index in [0.29, 0.717) is 22.8 Å². The fourth-order valence-corrected chi connectivity index (χ4v) is 4.41. The molecule has 0 saturated heterocycles. The van der Waals surface area contributed by atoms with Crippen LogP contribution in [0.5, 0.6) is 17.2 Å². The molecule has 0 aliphatic carbocycles. The van der Waals surface area contributed by atoms with E-state index in [4.69, 9.17) is 14.2 Å². The summed E-state index contributed by atoms with van der Waals surface area (Å²) in [6.45, 7) is 0.672. The second kappa shape index (κ2) is 14.4.